The Morgan fingerprint density at radius 1 is 1.30 bits per heavy atom. The summed E-state index contributed by atoms with van der Waals surface area (Å²) in [4.78, 5) is 16.1. The first-order valence-electron chi connectivity index (χ1n) is 7.52. The molecule has 0 radical (unpaired) electrons. The first-order chi connectivity index (χ1) is 10.5. The number of anilines is 1. The van der Waals surface area contributed by atoms with Crippen LogP contribution in [0.4, 0.5) is 5.69 Å². The molecule has 7 heteroatoms. The normalized spacial score (nSPS) is 15.7. The maximum absolute atomic E-state index is 11.7. The van der Waals surface area contributed by atoms with Crippen molar-refractivity contribution in [1.29, 1.82) is 0 Å². The van der Waals surface area contributed by atoms with Gasteiger partial charge in [-0.25, -0.2) is 0 Å². The lowest BCUT2D eigenvalue weighted by Crippen LogP contribution is -2.44. The second-order valence-electron chi connectivity index (χ2n) is 6.15. The van der Waals surface area contributed by atoms with E-state index in [1.165, 1.54) is 0 Å². The van der Waals surface area contributed by atoms with Gasteiger partial charge in [0.1, 0.15) is 0 Å². The molecule has 0 atom stereocenters. The monoisotopic (exact) mass is 336 g/mol. The minimum absolute atomic E-state index is 0. The van der Waals surface area contributed by atoms with Crippen molar-refractivity contribution >= 4 is 24.0 Å². The van der Waals surface area contributed by atoms with Crippen LogP contribution in [0.1, 0.15) is 38.9 Å². The van der Waals surface area contributed by atoms with Crippen LogP contribution in [0.25, 0.3) is 11.5 Å². The molecule has 3 rings (SSSR count). The number of halogens is 1. The van der Waals surface area contributed by atoms with Crippen LogP contribution in [0.3, 0.4) is 0 Å². The fourth-order valence-electron chi connectivity index (χ4n) is 2.31. The molecular weight excluding hydrogens is 316 g/mol. The lowest BCUT2D eigenvalue weighted by Gasteiger charge is -2.34. The molecule has 2 aromatic rings. The molecule has 6 nitrogen and oxygen atoms in total. The van der Waals surface area contributed by atoms with Crippen molar-refractivity contribution in [1.82, 2.24) is 10.1 Å². The minimum atomic E-state index is -0.424. The van der Waals surface area contributed by atoms with Gasteiger partial charge < -0.3 is 15.6 Å². The summed E-state index contributed by atoms with van der Waals surface area (Å²) in [6.07, 6.45) is 2.89. The van der Waals surface area contributed by atoms with E-state index in [4.69, 9.17) is 10.3 Å². The Bertz CT molecular complexity index is 678. The number of nitrogens with two attached hydrogens (primary N) is 1. The molecule has 23 heavy (non-hydrogen) atoms. The molecule has 124 valence electrons. The van der Waals surface area contributed by atoms with E-state index in [-0.39, 0.29) is 24.2 Å². The predicted molar refractivity (Wildman–Crippen MR) is 90.2 cm³/mol. The number of carbonyl (C=O) groups excluding carboxylic acids is 1. The van der Waals surface area contributed by atoms with Crippen LogP contribution in [0.15, 0.2) is 28.8 Å². The topological polar surface area (TPSA) is 94.0 Å². The standard InChI is InChI=1S/C16H20N4O2.ClH/c1-10(2)13(21)18-12-6-4-11(5-7-12)14-19-15(20-22-14)16(17)8-3-9-16;/h4-7,10H,3,8-9,17H2,1-2H3,(H,18,21);1H. The van der Waals surface area contributed by atoms with E-state index in [0.29, 0.717) is 11.7 Å². The van der Waals surface area contributed by atoms with Crippen molar-refractivity contribution in [3.05, 3.63) is 30.1 Å². The summed E-state index contributed by atoms with van der Waals surface area (Å²) in [7, 11) is 0. The molecule has 1 fully saturated rings. The number of benzene rings is 1. The molecule has 0 spiro atoms. The molecule has 1 heterocycles. The third kappa shape index (κ3) is 3.54. The van der Waals surface area contributed by atoms with Crippen molar-refractivity contribution in [2.24, 2.45) is 11.7 Å². The Kier molecular flexibility index (Phi) is 5.06. The maximum Gasteiger partial charge on any atom is 0.257 e. The van der Waals surface area contributed by atoms with Gasteiger partial charge in [-0.3, -0.25) is 4.79 Å². The van der Waals surface area contributed by atoms with E-state index in [2.05, 4.69) is 15.5 Å². The van der Waals surface area contributed by atoms with Gasteiger partial charge in [0.05, 0.1) is 5.54 Å². The largest absolute Gasteiger partial charge is 0.334 e. The van der Waals surface area contributed by atoms with Crippen molar-refractivity contribution in [3.63, 3.8) is 0 Å². The number of amides is 1. The SMILES string of the molecule is CC(C)C(=O)Nc1ccc(-c2nc(C3(N)CCC3)no2)cc1.Cl. The summed E-state index contributed by atoms with van der Waals surface area (Å²) in [5.74, 6) is 0.962. The van der Waals surface area contributed by atoms with Crippen molar-refractivity contribution < 1.29 is 9.32 Å². The van der Waals surface area contributed by atoms with Gasteiger partial charge in [0.25, 0.3) is 5.89 Å². The predicted octanol–water partition coefficient (Wildman–Crippen LogP) is 3.09. The quantitative estimate of drug-likeness (QED) is 0.894. The molecule has 1 aliphatic rings. The third-order valence-corrected chi connectivity index (χ3v) is 4.04. The smallest absolute Gasteiger partial charge is 0.257 e. The fraction of sp³-hybridized carbons (Fsp3) is 0.438. The molecule has 0 aliphatic heterocycles. The van der Waals surface area contributed by atoms with E-state index in [9.17, 15) is 4.79 Å². The summed E-state index contributed by atoms with van der Waals surface area (Å²) >= 11 is 0. The maximum atomic E-state index is 11.7. The average Bonchev–Trinajstić information content (AvgIpc) is 2.95. The molecule has 0 saturated heterocycles. The Morgan fingerprint density at radius 2 is 1.96 bits per heavy atom. The van der Waals surface area contributed by atoms with E-state index >= 15 is 0 Å². The molecular formula is C16H21ClN4O2. The molecule has 1 aromatic heterocycles. The van der Waals surface area contributed by atoms with E-state index in [0.717, 1.165) is 30.5 Å². The minimum Gasteiger partial charge on any atom is -0.334 e. The third-order valence-electron chi connectivity index (χ3n) is 4.04. The molecule has 1 aliphatic carbocycles. The first-order valence-corrected chi connectivity index (χ1v) is 7.52. The Morgan fingerprint density at radius 3 is 2.48 bits per heavy atom. The highest BCUT2D eigenvalue weighted by Gasteiger charge is 2.39. The van der Waals surface area contributed by atoms with Gasteiger partial charge in [0.15, 0.2) is 5.82 Å². The van der Waals surface area contributed by atoms with Crippen LogP contribution in [-0.4, -0.2) is 16.0 Å². The molecule has 3 N–H and O–H groups in total. The summed E-state index contributed by atoms with van der Waals surface area (Å²) < 4.78 is 5.30. The van der Waals surface area contributed by atoms with Crippen molar-refractivity contribution in [3.8, 4) is 11.5 Å². The molecule has 1 saturated carbocycles. The van der Waals surface area contributed by atoms with Crippen LogP contribution < -0.4 is 11.1 Å². The highest BCUT2D eigenvalue weighted by Crippen LogP contribution is 2.37. The van der Waals surface area contributed by atoms with E-state index in [1.807, 2.05) is 38.1 Å². The van der Waals surface area contributed by atoms with Gasteiger partial charge in [-0.05, 0) is 43.5 Å². The highest BCUT2D eigenvalue weighted by molar-refractivity contribution is 5.92. The van der Waals surface area contributed by atoms with E-state index in [1.54, 1.807) is 0 Å². The Hall–Kier alpha value is -1.92. The second kappa shape index (κ2) is 6.68. The van der Waals surface area contributed by atoms with Gasteiger partial charge in [-0.2, -0.15) is 4.98 Å². The summed E-state index contributed by atoms with van der Waals surface area (Å²) in [5, 5.41) is 6.84. The van der Waals surface area contributed by atoms with Crippen LogP contribution in [0.5, 0.6) is 0 Å². The Balaban J connectivity index is 0.00000192. The number of hydrogen-bond acceptors (Lipinski definition) is 5. The highest BCUT2D eigenvalue weighted by atomic mass is 35.5. The lowest BCUT2D eigenvalue weighted by atomic mass is 9.77. The van der Waals surface area contributed by atoms with Crippen molar-refractivity contribution in [2.45, 2.75) is 38.6 Å². The zero-order chi connectivity index (χ0) is 15.7. The van der Waals surface area contributed by atoms with Gasteiger partial charge >= 0.3 is 0 Å². The molecule has 0 unspecified atom stereocenters. The number of nitrogens with zero attached hydrogens (tertiary/aromatic N) is 2. The molecule has 0 bridgehead atoms. The van der Waals surface area contributed by atoms with Gasteiger partial charge in [-0.15, -0.1) is 12.4 Å². The van der Waals surface area contributed by atoms with Crippen LogP contribution in [0.2, 0.25) is 0 Å². The van der Waals surface area contributed by atoms with Gasteiger partial charge in [-0.1, -0.05) is 19.0 Å². The number of aromatic nitrogens is 2. The summed E-state index contributed by atoms with van der Waals surface area (Å²) in [6, 6.07) is 7.33. The zero-order valence-electron chi connectivity index (χ0n) is 13.2. The van der Waals surface area contributed by atoms with Crippen LogP contribution in [-0.2, 0) is 10.3 Å². The summed E-state index contributed by atoms with van der Waals surface area (Å²) in [6.45, 7) is 3.71. The van der Waals surface area contributed by atoms with Gasteiger partial charge in [0.2, 0.25) is 5.91 Å². The van der Waals surface area contributed by atoms with Gasteiger partial charge in [0, 0.05) is 17.2 Å². The molecule has 1 amide bonds. The Labute approximate surface area is 141 Å². The lowest BCUT2D eigenvalue weighted by molar-refractivity contribution is -0.118. The number of hydrogen-bond donors (Lipinski definition) is 2. The number of carbonyl (C=O) groups is 1. The molecule has 1 aromatic carbocycles. The van der Waals surface area contributed by atoms with Crippen LogP contribution in [0, 0.1) is 5.92 Å². The summed E-state index contributed by atoms with van der Waals surface area (Å²) in [5.41, 5.74) is 7.32. The fourth-order valence-corrected chi connectivity index (χ4v) is 2.31. The number of nitrogens with one attached hydrogen (secondary N) is 1. The average molecular weight is 337 g/mol. The second-order valence-corrected chi connectivity index (χ2v) is 6.15. The zero-order valence-corrected chi connectivity index (χ0v) is 14.0. The van der Waals surface area contributed by atoms with E-state index < -0.39 is 5.54 Å². The first kappa shape index (κ1) is 17.4. The van der Waals surface area contributed by atoms with Crippen LogP contribution >= 0.6 is 12.4 Å². The van der Waals surface area contributed by atoms with Crippen molar-refractivity contribution in [2.75, 3.05) is 5.32 Å². The number of rotatable bonds is 4.